The van der Waals surface area contributed by atoms with Gasteiger partial charge >= 0.3 is 5.97 Å². The number of benzene rings is 1. The summed E-state index contributed by atoms with van der Waals surface area (Å²) in [6, 6.07) is 5.17. The van der Waals surface area contributed by atoms with Crippen LogP contribution in [0.15, 0.2) is 24.3 Å². The van der Waals surface area contributed by atoms with Gasteiger partial charge in [0.15, 0.2) is 0 Å². The summed E-state index contributed by atoms with van der Waals surface area (Å²) in [5.41, 5.74) is -0.147. The molecule has 0 heterocycles. The van der Waals surface area contributed by atoms with Crippen LogP contribution in [0.5, 0.6) is 0 Å². The van der Waals surface area contributed by atoms with Crippen LogP contribution in [0.4, 0.5) is 5.69 Å². The number of carboxylic acid groups (broad SMARTS) is 1. The lowest BCUT2D eigenvalue weighted by molar-refractivity contribution is -0.384. The van der Waals surface area contributed by atoms with Crippen LogP contribution in [0.25, 0.3) is 0 Å². The maximum atomic E-state index is 12.3. The Morgan fingerprint density at radius 3 is 2.62 bits per heavy atom. The van der Waals surface area contributed by atoms with Crippen LogP contribution in [0.1, 0.15) is 17.3 Å². The Bertz CT molecular complexity index is 545. The molecule has 0 aliphatic heterocycles. The Balaban J connectivity index is 2.97. The number of nitrogens with zero attached hydrogens (tertiary/aromatic N) is 2. The summed E-state index contributed by atoms with van der Waals surface area (Å²) in [6.45, 7) is 0.983. The molecule has 114 valence electrons. The van der Waals surface area contributed by atoms with Crippen molar-refractivity contribution in [3.63, 3.8) is 0 Å². The molecule has 1 aromatic rings. The SMILES string of the molecule is CC(CN(CCO)C(=O)c1cccc([N+](=O)[O-])c1)C(=O)O. The van der Waals surface area contributed by atoms with Gasteiger partial charge in [-0.25, -0.2) is 0 Å². The van der Waals surface area contributed by atoms with E-state index in [1.54, 1.807) is 0 Å². The van der Waals surface area contributed by atoms with Gasteiger partial charge in [0.1, 0.15) is 0 Å². The van der Waals surface area contributed by atoms with Crippen molar-refractivity contribution in [1.29, 1.82) is 0 Å². The number of hydrogen-bond acceptors (Lipinski definition) is 5. The third-order valence-electron chi connectivity index (χ3n) is 2.88. The van der Waals surface area contributed by atoms with Gasteiger partial charge in [0.05, 0.1) is 17.4 Å². The van der Waals surface area contributed by atoms with Crippen LogP contribution in [-0.2, 0) is 4.79 Å². The highest BCUT2D eigenvalue weighted by molar-refractivity contribution is 5.95. The Morgan fingerprint density at radius 1 is 1.43 bits per heavy atom. The number of hydrogen-bond donors (Lipinski definition) is 2. The monoisotopic (exact) mass is 296 g/mol. The minimum absolute atomic E-state index is 0.0425. The second-order valence-electron chi connectivity index (χ2n) is 4.52. The van der Waals surface area contributed by atoms with Crippen LogP contribution in [-0.4, -0.2) is 51.6 Å². The van der Waals surface area contributed by atoms with Crippen LogP contribution in [0, 0.1) is 16.0 Å². The molecule has 0 aromatic heterocycles. The second kappa shape index (κ2) is 7.34. The molecule has 1 aromatic carbocycles. The lowest BCUT2D eigenvalue weighted by Crippen LogP contribution is -2.38. The molecule has 2 N–H and O–H groups in total. The summed E-state index contributed by atoms with van der Waals surface area (Å²) in [5.74, 6) is -2.43. The van der Waals surface area contributed by atoms with E-state index < -0.39 is 22.7 Å². The first-order chi connectivity index (χ1) is 9.86. The molecular weight excluding hydrogens is 280 g/mol. The molecule has 1 unspecified atom stereocenters. The summed E-state index contributed by atoms with van der Waals surface area (Å²) >= 11 is 0. The van der Waals surface area contributed by atoms with Crippen LogP contribution < -0.4 is 0 Å². The van der Waals surface area contributed by atoms with E-state index in [-0.39, 0.29) is 30.9 Å². The lowest BCUT2D eigenvalue weighted by atomic mass is 10.1. The number of nitro benzene ring substituents is 1. The molecule has 0 fully saturated rings. The van der Waals surface area contributed by atoms with Gasteiger partial charge in [0.25, 0.3) is 11.6 Å². The number of carboxylic acids is 1. The maximum absolute atomic E-state index is 12.3. The zero-order chi connectivity index (χ0) is 16.0. The molecule has 8 heteroatoms. The number of amides is 1. The van der Waals surface area contributed by atoms with Crippen molar-refractivity contribution in [3.05, 3.63) is 39.9 Å². The molecule has 0 saturated carbocycles. The van der Waals surface area contributed by atoms with Crippen LogP contribution in [0.3, 0.4) is 0 Å². The first-order valence-electron chi connectivity index (χ1n) is 6.24. The van der Waals surface area contributed by atoms with E-state index >= 15 is 0 Å². The van der Waals surface area contributed by atoms with E-state index in [0.717, 1.165) is 11.0 Å². The molecule has 1 amide bonds. The van der Waals surface area contributed by atoms with Crippen molar-refractivity contribution >= 4 is 17.6 Å². The predicted molar refractivity (Wildman–Crippen MR) is 72.9 cm³/mol. The van der Waals surface area contributed by atoms with Gasteiger partial charge in [-0.1, -0.05) is 13.0 Å². The van der Waals surface area contributed by atoms with Gasteiger partial charge in [0.2, 0.25) is 0 Å². The van der Waals surface area contributed by atoms with Crippen molar-refractivity contribution in [2.45, 2.75) is 6.92 Å². The van der Waals surface area contributed by atoms with Gasteiger partial charge in [-0.3, -0.25) is 19.7 Å². The molecule has 0 radical (unpaired) electrons. The zero-order valence-electron chi connectivity index (χ0n) is 11.4. The number of carbonyl (C=O) groups is 2. The summed E-state index contributed by atoms with van der Waals surface area (Å²) in [6.07, 6.45) is 0. The van der Waals surface area contributed by atoms with Crippen molar-refractivity contribution in [3.8, 4) is 0 Å². The van der Waals surface area contributed by atoms with Gasteiger partial charge < -0.3 is 15.1 Å². The molecule has 0 aliphatic rings. The Hall–Kier alpha value is -2.48. The Morgan fingerprint density at radius 2 is 2.10 bits per heavy atom. The number of aliphatic hydroxyl groups excluding tert-OH is 1. The van der Waals surface area contributed by atoms with Crippen LogP contribution in [0.2, 0.25) is 0 Å². The fraction of sp³-hybridized carbons (Fsp3) is 0.385. The number of carbonyl (C=O) groups excluding carboxylic acids is 1. The molecule has 0 saturated heterocycles. The van der Waals surface area contributed by atoms with E-state index in [1.165, 1.54) is 25.1 Å². The molecule has 0 aliphatic carbocycles. The summed E-state index contributed by atoms with van der Waals surface area (Å²) in [7, 11) is 0. The average Bonchev–Trinajstić information content (AvgIpc) is 2.45. The molecule has 0 spiro atoms. The number of nitro groups is 1. The van der Waals surface area contributed by atoms with Crippen molar-refractivity contribution < 1.29 is 24.7 Å². The normalized spacial score (nSPS) is 11.7. The minimum atomic E-state index is -1.07. The van der Waals surface area contributed by atoms with Crippen molar-refractivity contribution in [2.75, 3.05) is 19.7 Å². The van der Waals surface area contributed by atoms with Gasteiger partial charge in [-0.15, -0.1) is 0 Å². The quantitative estimate of drug-likeness (QED) is 0.565. The first kappa shape index (κ1) is 16.6. The van der Waals surface area contributed by atoms with Gasteiger partial charge in [-0.2, -0.15) is 0 Å². The van der Waals surface area contributed by atoms with Crippen molar-refractivity contribution in [2.24, 2.45) is 5.92 Å². The largest absolute Gasteiger partial charge is 0.481 e. The smallest absolute Gasteiger partial charge is 0.308 e. The van der Waals surface area contributed by atoms with E-state index in [2.05, 4.69) is 0 Å². The van der Waals surface area contributed by atoms with Crippen molar-refractivity contribution in [1.82, 2.24) is 4.90 Å². The summed E-state index contributed by atoms with van der Waals surface area (Å²) in [4.78, 5) is 34.4. The number of rotatable bonds is 7. The molecule has 8 nitrogen and oxygen atoms in total. The lowest BCUT2D eigenvalue weighted by Gasteiger charge is -2.23. The second-order valence-corrected chi connectivity index (χ2v) is 4.52. The molecule has 0 bridgehead atoms. The average molecular weight is 296 g/mol. The highest BCUT2D eigenvalue weighted by atomic mass is 16.6. The predicted octanol–water partition coefficient (Wildman–Crippen LogP) is 0.750. The zero-order valence-corrected chi connectivity index (χ0v) is 11.4. The third kappa shape index (κ3) is 4.53. The molecule has 1 atom stereocenters. The Labute approximate surface area is 120 Å². The van der Waals surface area contributed by atoms with Crippen LogP contribution >= 0.6 is 0 Å². The molecule has 1 rings (SSSR count). The highest BCUT2D eigenvalue weighted by Gasteiger charge is 2.22. The number of aliphatic hydroxyl groups is 1. The van der Waals surface area contributed by atoms with E-state index in [0.29, 0.717) is 0 Å². The summed E-state index contributed by atoms with van der Waals surface area (Å²) in [5, 5.41) is 28.6. The maximum Gasteiger partial charge on any atom is 0.308 e. The molecular formula is C13H16N2O6. The topological polar surface area (TPSA) is 121 Å². The van der Waals surface area contributed by atoms with E-state index in [1.807, 2.05) is 0 Å². The standard InChI is InChI=1S/C13H16N2O6/c1-9(13(18)19)8-14(5-6-16)12(17)10-3-2-4-11(7-10)15(20)21/h2-4,7,9,16H,5-6,8H2,1H3,(H,18,19). The van der Waals surface area contributed by atoms with Gasteiger partial charge in [-0.05, 0) is 6.07 Å². The highest BCUT2D eigenvalue weighted by Crippen LogP contribution is 2.15. The van der Waals surface area contributed by atoms with E-state index in [4.69, 9.17) is 10.2 Å². The number of aliphatic carboxylic acids is 1. The Kier molecular flexibility index (Phi) is 5.79. The van der Waals surface area contributed by atoms with E-state index in [9.17, 15) is 19.7 Å². The summed E-state index contributed by atoms with van der Waals surface area (Å²) < 4.78 is 0. The third-order valence-corrected chi connectivity index (χ3v) is 2.88. The number of non-ortho nitro benzene ring substituents is 1. The fourth-order valence-corrected chi connectivity index (χ4v) is 1.74. The minimum Gasteiger partial charge on any atom is -0.481 e. The molecule has 21 heavy (non-hydrogen) atoms. The van der Waals surface area contributed by atoms with Gasteiger partial charge in [0, 0.05) is 30.8 Å². The first-order valence-corrected chi connectivity index (χ1v) is 6.24. The fourth-order valence-electron chi connectivity index (χ4n) is 1.74.